The molecular weight excluding hydrogens is 382 g/mol. The van der Waals surface area contributed by atoms with Gasteiger partial charge >= 0.3 is 0 Å². The summed E-state index contributed by atoms with van der Waals surface area (Å²) in [6.45, 7) is 2.77. The fourth-order valence-corrected chi connectivity index (χ4v) is 3.33. The molecule has 0 saturated carbocycles. The first-order valence-electron chi connectivity index (χ1n) is 7.06. The second-order valence-corrected chi connectivity index (χ2v) is 7.30. The predicted molar refractivity (Wildman–Crippen MR) is 85.0 cm³/mol. The number of ether oxygens (including phenoxy) is 1. The smallest absolute Gasteiger partial charge is 0.284 e. The first-order valence-corrected chi connectivity index (χ1v) is 9.27. The highest BCUT2D eigenvalue weighted by atomic mass is 32.3. The number of hydrogen-bond donors (Lipinski definition) is 5. The van der Waals surface area contributed by atoms with Crippen molar-refractivity contribution in [3.05, 3.63) is 12.7 Å². The molecule has 0 radical (unpaired) electrons. The van der Waals surface area contributed by atoms with E-state index in [9.17, 15) is 33.4 Å². The number of thioether (sulfide) groups is 1. The van der Waals surface area contributed by atoms with Crippen molar-refractivity contribution in [2.45, 2.75) is 48.8 Å². The zero-order chi connectivity index (χ0) is 19.2. The number of nitrogens with zero attached hydrogens (tertiary/aromatic N) is 1. The van der Waals surface area contributed by atoms with Crippen LogP contribution in [0.3, 0.4) is 0 Å². The summed E-state index contributed by atoms with van der Waals surface area (Å²) in [5.74, 6) is 0. The SMILES string of the molecule is C=CC[C@H](O)CC(=NOS(=O)(=O)[O-])S[C@@H]1O[C@H](CO)[C@H](O)[C@H](O)[C@H]1O. The lowest BCUT2D eigenvalue weighted by atomic mass is 10.0. The van der Waals surface area contributed by atoms with Gasteiger partial charge in [-0.1, -0.05) is 23.0 Å². The van der Waals surface area contributed by atoms with Gasteiger partial charge in [-0.05, 0) is 6.42 Å². The number of oxime groups is 1. The van der Waals surface area contributed by atoms with Crippen LogP contribution in [0.15, 0.2) is 17.8 Å². The average Bonchev–Trinajstić information content (AvgIpc) is 2.52. The summed E-state index contributed by atoms with van der Waals surface area (Å²) < 4.78 is 40.6. The van der Waals surface area contributed by atoms with Crippen LogP contribution in [0.2, 0.25) is 0 Å². The normalized spacial score (nSPS) is 32.2. The minimum atomic E-state index is -5.14. The number of rotatable bonds is 8. The Morgan fingerprint density at radius 2 is 2.00 bits per heavy atom. The fraction of sp³-hybridized carbons (Fsp3) is 0.750. The summed E-state index contributed by atoms with van der Waals surface area (Å²) in [5, 5.41) is 51.2. The van der Waals surface area contributed by atoms with Crippen molar-refractivity contribution >= 4 is 27.2 Å². The molecule has 25 heavy (non-hydrogen) atoms. The molecule has 5 N–H and O–H groups in total. The van der Waals surface area contributed by atoms with Gasteiger partial charge in [-0.25, -0.2) is 0 Å². The minimum absolute atomic E-state index is 0.123. The summed E-state index contributed by atoms with van der Waals surface area (Å²) in [5.41, 5.74) is -1.27. The molecule has 0 aliphatic carbocycles. The van der Waals surface area contributed by atoms with Crippen LogP contribution in [-0.2, 0) is 19.4 Å². The monoisotopic (exact) mass is 402 g/mol. The van der Waals surface area contributed by atoms with E-state index in [-0.39, 0.29) is 17.9 Å². The summed E-state index contributed by atoms with van der Waals surface area (Å²) in [6, 6.07) is 0. The molecule has 0 spiro atoms. The lowest BCUT2D eigenvalue weighted by Gasteiger charge is -2.39. The first-order chi connectivity index (χ1) is 11.6. The van der Waals surface area contributed by atoms with E-state index in [1.54, 1.807) is 0 Å². The van der Waals surface area contributed by atoms with Gasteiger partial charge in [-0.3, -0.25) is 4.28 Å². The van der Waals surface area contributed by atoms with E-state index in [1.165, 1.54) is 6.08 Å². The molecule has 0 aromatic carbocycles. The average molecular weight is 402 g/mol. The maximum absolute atomic E-state index is 10.5. The van der Waals surface area contributed by atoms with Crippen molar-refractivity contribution in [1.82, 2.24) is 0 Å². The molecule has 0 aromatic rings. The zero-order valence-electron chi connectivity index (χ0n) is 12.9. The molecule has 1 aliphatic heterocycles. The van der Waals surface area contributed by atoms with Gasteiger partial charge in [0.1, 0.15) is 34.9 Å². The number of aliphatic hydroxyl groups is 5. The molecule has 0 unspecified atom stereocenters. The summed E-state index contributed by atoms with van der Waals surface area (Å²) in [4.78, 5) is 0. The molecule has 0 bridgehead atoms. The highest BCUT2D eigenvalue weighted by Gasteiger charge is 2.44. The Hall–Kier alpha value is -0.770. The highest BCUT2D eigenvalue weighted by Crippen LogP contribution is 2.30. The molecule has 6 atom stereocenters. The number of aliphatic hydroxyl groups excluding tert-OH is 5. The Balaban J connectivity index is 2.92. The molecule has 1 aliphatic rings. The van der Waals surface area contributed by atoms with Crippen LogP contribution in [-0.4, -0.2) is 86.1 Å². The van der Waals surface area contributed by atoms with E-state index >= 15 is 0 Å². The number of hydrogen-bond acceptors (Lipinski definition) is 12. The largest absolute Gasteiger partial charge is 0.714 e. The van der Waals surface area contributed by atoms with Gasteiger partial charge < -0.3 is 34.8 Å². The second-order valence-electron chi connectivity index (χ2n) is 5.17. The molecule has 11 nitrogen and oxygen atoms in total. The molecule has 0 amide bonds. The van der Waals surface area contributed by atoms with Gasteiger partial charge in [0.05, 0.1) is 12.7 Å². The van der Waals surface area contributed by atoms with Gasteiger partial charge in [-0.2, -0.15) is 8.42 Å². The molecular formula is C12H20NO10S2-. The fourth-order valence-electron chi connectivity index (χ4n) is 1.97. The molecule has 0 aromatic heterocycles. The molecule has 146 valence electrons. The molecule has 13 heteroatoms. The van der Waals surface area contributed by atoms with E-state index in [4.69, 9.17) is 9.84 Å². The van der Waals surface area contributed by atoms with Crippen LogP contribution in [0, 0.1) is 0 Å². The van der Waals surface area contributed by atoms with Crippen LogP contribution >= 0.6 is 11.8 Å². The van der Waals surface area contributed by atoms with Crippen LogP contribution in [0.5, 0.6) is 0 Å². The predicted octanol–water partition coefficient (Wildman–Crippen LogP) is -2.36. The van der Waals surface area contributed by atoms with Gasteiger partial charge in [0, 0.05) is 6.42 Å². The van der Waals surface area contributed by atoms with Crippen LogP contribution in [0.1, 0.15) is 12.8 Å². The van der Waals surface area contributed by atoms with Crippen molar-refractivity contribution in [2.75, 3.05) is 6.61 Å². The Morgan fingerprint density at radius 1 is 1.36 bits per heavy atom. The standard InChI is InChI=1S/C12H21NO10S2/c1-2-3-6(15)4-8(13-23-25(19,20)21)24-12-11(18)10(17)9(16)7(5-14)22-12/h2,6-7,9-12,14-18H,1,3-5H2,(H,19,20,21)/p-1/t6-,7+,9-,10-,11+,12-/m0/s1. The third kappa shape index (κ3) is 7.16. The molecule has 1 saturated heterocycles. The van der Waals surface area contributed by atoms with Gasteiger partial charge in [-0.15, -0.1) is 6.58 Å². The lowest BCUT2D eigenvalue weighted by Crippen LogP contribution is -2.57. The molecule has 1 fully saturated rings. The third-order valence-electron chi connectivity index (χ3n) is 3.18. The van der Waals surface area contributed by atoms with Crippen molar-refractivity contribution in [3.63, 3.8) is 0 Å². The van der Waals surface area contributed by atoms with E-state index in [2.05, 4.69) is 16.0 Å². The first kappa shape index (κ1) is 22.3. The van der Waals surface area contributed by atoms with E-state index < -0.39 is 53.0 Å². The highest BCUT2D eigenvalue weighted by molar-refractivity contribution is 8.14. The summed E-state index contributed by atoms with van der Waals surface area (Å²) in [7, 11) is -5.14. The van der Waals surface area contributed by atoms with Crippen molar-refractivity contribution < 1.29 is 47.5 Å². The van der Waals surface area contributed by atoms with Crippen LogP contribution < -0.4 is 0 Å². The van der Waals surface area contributed by atoms with Gasteiger partial charge in [0.2, 0.25) is 0 Å². The molecule has 1 rings (SSSR count). The minimum Gasteiger partial charge on any atom is -0.714 e. The summed E-state index contributed by atoms with van der Waals surface area (Å²) in [6.07, 6.45) is -5.79. The maximum atomic E-state index is 10.5. The molecule has 1 heterocycles. The third-order valence-corrected chi connectivity index (χ3v) is 4.57. The van der Waals surface area contributed by atoms with Crippen LogP contribution in [0.4, 0.5) is 0 Å². The topological polar surface area (TPSA) is 189 Å². The summed E-state index contributed by atoms with van der Waals surface area (Å²) >= 11 is 0.566. The van der Waals surface area contributed by atoms with E-state index in [0.717, 1.165) is 0 Å². The second kappa shape index (κ2) is 9.80. The maximum Gasteiger partial charge on any atom is 0.284 e. The lowest BCUT2D eigenvalue weighted by molar-refractivity contribution is -0.205. The Morgan fingerprint density at radius 3 is 2.52 bits per heavy atom. The van der Waals surface area contributed by atoms with Crippen molar-refractivity contribution in [1.29, 1.82) is 0 Å². The van der Waals surface area contributed by atoms with Gasteiger partial charge in [0.15, 0.2) is 0 Å². The Kier molecular flexibility index (Phi) is 8.73. The van der Waals surface area contributed by atoms with Gasteiger partial charge in [0.25, 0.3) is 10.4 Å². The zero-order valence-corrected chi connectivity index (χ0v) is 14.5. The Bertz CT molecular complexity index is 566. The van der Waals surface area contributed by atoms with Crippen LogP contribution in [0.25, 0.3) is 0 Å². The van der Waals surface area contributed by atoms with E-state index in [1.807, 2.05) is 0 Å². The van der Waals surface area contributed by atoms with Crippen molar-refractivity contribution in [2.24, 2.45) is 5.16 Å². The van der Waals surface area contributed by atoms with E-state index in [0.29, 0.717) is 11.8 Å². The van der Waals surface area contributed by atoms with Crippen molar-refractivity contribution in [3.8, 4) is 0 Å². The quantitative estimate of drug-likeness (QED) is 0.0729. The Labute approximate surface area is 148 Å².